The third kappa shape index (κ3) is 6.28. The van der Waals surface area contributed by atoms with Gasteiger partial charge in [0, 0.05) is 12.2 Å². The summed E-state index contributed by atoms with van der Waals surface area (Å²) >= 11 is 1.69. The van der Waals surface area contributed by atoms with Crippen molar-refractivity contribution in [3.8, 4) is 0 Å². The molecule has 0 spiro atoms. The predicted octanol–water partition coefficient (Wildman–Crippen LogP) is 4.06. The monoisotopic (exact) mass is 401 g/mol. The minimum atomic E-state index is -0.283. The van der Waals surface area contributed by atoms with Crippen LogP contribution >= 0.6 is 11.3 Å². The minimum absolute atomic E-state index is 0.00616. The highest BCUT2D eigenvalue weighted by molar-refractivity contribution is 7.18. The van der Waals surface area contributed by atoms with Crippen molar-refractivity contribution in [2.45, 2.75) is 32.3 Å². The second-order valence-corrected chi connectivity index (χ2v) is 7.73. The van der Waals surface area contributed by atoms with E-state index in [9.17, 15) is 9.18 Å². The number of unbranched alkanes of at least 4 members (excludes halogenated alkanes) is 2. The maximum Gasteiger partial charge on any atom is 0.246 e. The molecule has 0 fully saturated rings. The van der Waals surface area contributed by atoms with Gasteiger partial charge in [-0.05, 0) is 55.2 Å². The Morgan fingerprint density at radius 1 is 1.14 bits per heavy atom. The van der Waals surface area contributed by atoms with E-state index in [1.54, 1.807) is 23.5 Å². The normalized spacial score (nSPS) is 11.0. The fourth-order valence-corrected chi connectivity index (χ4v) is 3.85. The lowest BCUT2D eigenvalue weighted by Gasteiger charge is -2.06. The number of thiazole rings is 1. The number of hydrogen-bond donors (Lipinski definition) is 2. The number of ether oxygens (including phenoxy) is 1. The number of amides is 1. The first-order chi connectivity index (χ1) is 13.6. The van der Waals surface area contributed by atoms with Crippen molar-refractivity contribution in [3.05, 3.63) is 58.9 Å². The van der Waals surface area contributed by atoms with E-state index in [0.717, 1.165) is 52.2 Å². The summed E-state index contributed by atoms with van der Waals surface area (Å²) in [5.74, 6) is -0.416. The van der Waals surface area contributed by atoms with Crippen LogP contribution in [0.25, 0.3) is 10.2 Å². The van der Waals surface area contributed by atoms with Gasteiger partial charge in [-0.2, -0.15) is 0 Å². The maximum absolute atomic E-state index is 12.8. The van der Waals surface area contributed by atoms with Gasteiger partial charge in [0.15, 0.2) is 0 Å². The van der Waals surface area contributed by atoms with E-state index in [-0.39, 0.29) is 18.3 Å². The van der Waals surface area contributed by atoms with Crippen molar-refractivity contribution in [3.63, 3.8) is 0 Å². The molecule has 3 rings (SSSR count). The van der Waals surface area contributed by atoms with E-state index in [4.69, 9.17) is 10.5 Å². The Kier molecular flexibility index (Phi) is 7.33. The molecule has 0 atom stereocenters. The Balaban J connectivity index is 1.25. The number of nitrogens with zero attached hydrogens (tertiary/aromatic N) is 1. The van der Waals surface area contributed by atoms with Crippen LogP contribution in [0.2, 0.25) is 0 Å². The molecule has 3 N–H and O–H groups in total. The highest BCUT2D eigenvalue weighted by atomic mass is 32.1. The Labute approximate surface area is 167 Å². The summed E-state index contributed by atoms with van der Waals surface area (Å²) in [6.45, 7) is 0.933. The summed E-state index contributed by atoms with van der Waals surface area (Å²) in [6.07, 6.45) is 3.91. The first kappa shape index (κ1) is 20.2. The van der Waals surface area contributed by atoms with Gasteiger partial charge in [0.1, 0.15) is 12.4 Å². The average Bonchev–Trinajstić information content (AvgIpc) is 3.08. The predicted molar refractivity (Wildman–Crippen MR) is 111 cm³/mol. The van der Waals surface area contributed by atoms with Crippen LogP contribution < -0.4 is 11.1 Å². The van der Waals surface area contributed by atoms with E-state index >= 15 is 0 Å². The lowest BCUT2D eigenvalue weighted by atomic mass is 10.2. The number of carbonyl (C=O) groups excluding carboxylic acids is 1. The molecule has 0 radical (unpaired) electrons. The van der Waals surface area contributed by atoms with Crippen LogP contribution in [-0.4, -0.2) is 24.0 Å². The number of nitrogens with one attached hydrogen (secondary N) is 1. The summed E-state index contributed by atoms with van der Waals surface area (Å²) in [4.78, 5) is 16.4. The lowest BCUT2D eigenvalue weighted by Crippen LogP contribution is -2.28. The van der Waals surface area contributed by atoms with Crippen molar-refractivity contribution < 1.29 is 13.9 Å². The maximum atomic E-state index is 12.8. The molecule has 3 aromatic rings. The molecule has 148 valence electrons. The van der Waals surface area contributed by atoms with Gasteiger partial charge in [0.25, 0.3) is 0 Å². The smallest absolute Gasteiger partial charge is 0.246 e. The van der Waals surface area contributed by atoms with E-state index in [0.29, 0.717) is 13.2 Å². The molecular formula is C21H24FN3O2S. The number of carbonyl (C=O) groups is 1. The van der Waals surface area contributed by atoms with E-state index in [1.807, 2.05) is 18.2 Å². The molecule has 2 aromatic carbocycles. The first-order valence-electron chi connectivity index (χ1n) is 9.34. The molecule has 1 aromatic heterocycles. The minimum Gasteiger partial charge on any atom is -0.399 e. The third-order valence-electron chi connectivity index (χ3n) is 4.26. The van der Waals surface area contributed by atoms with Crippen LogP contribution in [0.1, 0.15) is 29.8 Å². The number of nitrogen functional groups attached to an aromatic ring is 1. The molecule has 28 heavy (non-hydrogen) atoms. The number of aryl methyl sites for hydroxylation is 1. The van der Waals surface area contributed by atoms with Crippen LogP contribution in [0.4, 0.5) is 10.1 Å². The fraction of sp³-hybridized carbons (Fsp3) is 0.333. The summed E-state index contributed by atoms with van der Waals surface area (Å²) in [7, 11) is 0. The quantitative estimate of drug-likeness (QED) is 0.397. The second kappa shape index (κ2) is 10.1. The molecule has 7 heteroatoms. The molecule has 0 bridgehead atoms. The highest BCUT2D eigenvalue weighted by Crippen LogP contribution is 2.25. The van der Waals surface area contributed by atoms with Crippen molar-refractivity contribution in [1.82, 2.24) is 10.3 Å². The molecule has 0 unspecified atom stereocenters. The van der Waals surface area contributed by atoms with Crippen molar-refractivity contribution in [2.75, 3.05) is 18.9 Å². The van der Waals surface area contributed by atoms with Gasteiger partial charge < -0.3 is 15.8 Å². The largest absolute Gasteiger partial charge is 0.399 e. The van der Waals surface area contributed by atoms with E-state index in [2.05, 4.69) is 10.3 Å². The highest BCUT2D eigenvalue weighted by Gasteiger charge is 2.05. The van der Waals surface area contributed by atoms with Crippen molar-refractivity contribution >= 4 is 33.1 Å². The van der Waals surface area contributed by atoms with Crippen LogP contribution in [0, 0.1) is 5.82 Å². The summed E-state index contributed by atoms with van der Waals surface area (Å²) < 4.78 is 19.3. The number of fused-ring (bicyclic) bond motifs is 1. The van der Waals surface area contributed by atoms with Crippen LogP contribution in [0.5, 0.6) is 0 Å². The second-order valence-electron chi connectivity index (χ2n) is 6.61. The zero-order valence-corrected chi connectivity index (χ0v) is 16.4. The van der Waals surface area contributed by atoms with Gasteiger partial charge in [-0.1, -0.05) is 18.6 Å². The van der Waals surface area contributed by atoms with Crippen molar-refractivity contribution in [1.29, 1.82) is 0 Å². The molecule has 1 heterocycles. The summed E-state index contributed by atoms with van der Waals surface area (Å²) in [5, 5.41) is 3.98. The van der Waals surface area contributed by atoms with Crippen LogP contribution in [-0.2, 0) is 22.6 Å². The molecule has 1 amide bonds. The number of halogens is 1. The Morgan fingerprint density at radius 3 is 2.79 bits per heavy atom. The Hall–Kier alpha value is -2.51. The average molecular weight is 402 g/mol. The zero-order chi connectivity index (χ0) is 19.8. The number of rotatable bonds is 10. The fourth-order valence-electron chi connectivity index (χ4n) is 2.79. The molecule has 0 saturated carbocycles. The number of benzene rings is 2. The van der Waals surface area contributed by atoms with Crippen molar-refractivity contribution in [2.24, 2.45) is 0 Å². The Morgan fingerprint density at radius 2 is 1.96 bits per heavy atom. The van der Waals surface area contributed by atoms with Gasteiger partial charge in [-0.15, -0.1) is 11.3 Å². The van der Waals surface area contributed by atoms with Gasteiger partial charge in [0.05, 0.1) is 21.8 Å². The van der Waals surface area contributed by atoms with E-state index < -0.39 is 0 Å². The topological polar surface area (TPSA) is 77.2 Å². The number of hydrogen-bond acceptors (Lipinski definition) is 5. The molecule has 0 aliphatic heterocycles. The first-order valence-corrected chi connectivity index (χ1v) is 10.2. The molecule has 0 saturated heterocycles. The zero-order valence-electron chi connectivity index (χ0n) is 15.6. The van der Waals surface area contributed by atoms with Crippen LogP contribution in [0.15, 0.2) is 42.5 Å². The lowest BCUT2D eigenvalue weighted by molar-refractivity contribution is -0.126. The van der Waals surface area contributed by atoms with Gasteiger partial charge in [-0.3, -0.25) is 4.79 Å². The number of nitrogens with two attached hydrogens (primary N) is 1. The third-order valence-corrected chi connectivity index (χ3v) is 5.34. The summed E-state index contributed by atoms with van der Waals surface area (Å²) in [6, 6.07) is 11.8. The molecular weight excluding hydrogens is 377 g/mol. The SMILES string of the molecule is Nc1ccc2nc(CCCCCNC(=O)COCc3ccc(F)cc3)sc2c1. The van der Waals surface area contributed by atoms with Gasteiger partial charge >= 0.3 is 0 Å². The molecule has 0 aliphatic rings. The van der Waals surface area contributed by atoms with Gasteiger partial charge in [0.2, 0.25) is 5.91 Å². The van der Waals surface area contributed by atoms with E-state index in [1.165, 1.54) is 12.1 Å². The summed E-state index contributed by atoms with van der Waals surface area (Å²) in [5.41, 5.74) is 8.41. The van der Waals surface area contributed by atoms with Gasteiger partial charge in [-0.25, -0.2) is 9.37 Å². The molecule has 0 aliphatic carbocycles. The Bertz CT molecular complexity index is 912. The molecule has 5 nitrogen and oxygen atoms in total. The van der Waals surface area contributed by atoms with Crippen LogP contribution in [0.3, 0.4) is 0 Å². The standard InChI is InChI=1S/C21H24FN3O2S/c22-16-7-5-15(6-8-16)13-27-14-20(26)24-11-3-1-2-4-21-25-18-10-9-17(23)12-19(18)28-21/h5-10,12H,1-4,11,13-14,23H2,(H,24,26). The number of anilines is 1. The number of aromatic nitrogens is 1.